The fourth-order valence-electron chi connectivity index (χ4n) is 1.76. The maximum atomic E-state index is 10.8. The molecule has 0 bridgehead atoms. The van der Waals surface area contributed by atoms with E-state index >= 15 is 0 Å². The molecule has 94 valence electrons. The summed E-state index contributed by atoms with van der Waals surface area (Å²) in [6.07, 6.45) is 0.984. The molecule has 17 heavy (non-hydrogen) atoms. The first-order valence-electron chi connectivity index (χ1n) is 5.33. The third kappa shape index (κ3) is 3.35. The molecule has 0 amide bonds. The van der Waals surface area contributed by atoms with Crippen LogP contribution in [0.15, 0.2) is 12.1 Å². The van der Waals surface area contributed by atoms with E-state index in [0.29, 0.717) is 10.8 Å². The zero-order valence-electron chi connectivity index (χ0n) is 9.87. The molecular weight excluding hydrogens is 242 g/mol. The van der Waals surface area contributed by atoms with Crippen LogP contribution in [0.5, 0.6) is 5.75 Å². The van der Waals surface area contributed by atoms with Gasteiger partial charge in [-0.05, 0) is 36.1 Å². The predicted molar refractivity (Wildman–Crippen MR) is 66.7 cm³/mol. The van der Waals surface area contributed by atoms with Crippen molar-refractivity contribution in [3.8, 4) is 5.75 Å². The topological polar surface area (TPSA) is 72.6 Å². The van der Waals surface area contributed by atoms with Gasteiger partial charge in [-0.3, -0.25) is 4.79 Å². The molecule has 1 rings (SSSR count). The van der Waals surface area contributed by atoms with Crippen molar-refractivity contribution in [1.29, 1.82) is 0 Å². The number of halogens is 1. The summed E-state index contributed by atoms with van der Waals surface area (Å²) in [6.45, 7) is 1.97. The van der Waals surface area contributed by atoms with Crippen LogP contribution in [-0.4, -0.2) is 24.2 Å². The highest BCUT2D eigenvalue weighted by Gasteiger charge is 2.17. The highest BCUT2D eigenvalue weighted by Crippen LogP contribution is 2.28. The number of hydrogen-bond donors (Lipinski definition) is 2. The molecule has 3 N–H and O–H groups in total. The Balaban J connectivity index is 3.12. The average molecular weight is 258 g/mol. The predicted octanol–water partition coefficient (Wildman–Crippen LogP) is 1.87. The molecule has 0 aromatic heterocycles. The SMILES string of the molecule is CCc1c(CC(N)C(=O)O)cc(Cl)cc1OC. The minimum atomic E-state index is -1.02. The Kier molecular flexibility index (Phi) is 4.78. The molecule has 0 spiro atoms. The molecule has 0 aliphatic carbocycles. The number of benzene rings is 1. The van der Waals surface area contributed by atoms with Crippen LogP contribution in [0.25, 0.3) is 0 Å². The number of hydrogen-bond acceptors (Lipinski definition) is 3. The van der Waals surface area contributed by atoms with E-state index in [2.05, 4.69) is 0 Å². The van der Waals surface area contributed by atoms with Crippen LogP contribution < -0.4 is 10.5 Å². The number of carbonyl (C=O) groups is 1. The molecule has 0 saturated carbocycles. The number of aliphatic carboxylic acids is 1. The van der Waals surface area contributed by atoms with Gasteiger partial charge in [0.2, 0.25) is 0 Å². The van der Waals surface area contributed by atoms with Crippen molar-refractivity contribution >= 4 is 17.6 Å². The van der Waals surface area contributed by atoms with E-state index in [0.717, 1.165) is 17.5 Å². The summed E-state index contributed by atoms with van der Waals surface area (Å²) in [5.74, 6) is -0.349. The fraction of sp³-hybridized carbons (Fsp3) is 0.417. The first-order valence-corrected chi connectivity index (χ1v) is 5.71. The number of carboxylic acid groups (broad SMARTS) is 1. The Morgan fingerprint density at radius 3 is 2.71 bits per heavy atom. The minimum Gasteiger partial charge on any atom is -0.496 e. The van der Waals surface area contributed by atoms with Gasteiger partial charge < -0.3 is 15.6 Å². The molecule has 1 aromatic carbocycles. The van der Waals surface area contributed by atoms with Crippen LogP contribution in [0.2, 0.25) is 5.02 Å². The monoisotopic (exact) mass is 257 g/mol. The Bertz CT molecular complexity index is 420. The van der Waals surface area contributed by atoms with Crippen molar-refractivity contribution in [2.45, 2.75) is 25.8 Å². The summed E-state index contributed by atoms with van der Waals surface area (Å²) in [5.41, 5.74) is 7.31. The first-order chi connectivity index (χ1) is 7.99. The number of ether oxygens (including phenoxy) is 1. The number of nitrogens with two attached hydrogens (primary N) is 1. The van der Waals surface area contributed by atoms with Gasteiger partial charge in [0.15, 0.2) is 0 Å². The van der Waals surface area contributed by atoms with E-state index in [1.54, 1.807) is 19.2 Å². The van der Waals surface area contributed by atoms with E-state index in [9.17, 15) is 4.79 Å². The van der Waals surface area contributed by atoms with Gasteiger partial charge in [0.1, 0.15) is 11.8 Å². The van der Waals surface area contributed by atoms with E-state index in [4.69, 9.17) is 27.2 Å². The lowest BCUT2D eigenvalue weighted by molar-refractivity contribution is -0.138. The molecule has 0 aliphatic rings. The summed E-state index contributed by atoms with van der Waals surface area (Å²) in [6, 6.07) is 2.53. The van der Waals surface area contributed by atoms with Gasteiger partial charge in [-0.25, -0.2) is 0 Å². The molecule has 0 heterocycles. The summed E-state index contributed by atoms with van der Waals surface area (Å²) in [4.78, 5) is 10.8. The first kappa shape index (κ1) is 13.8. The molecular formula is C12H16ClNO3. The molecule has 4 nitrogen and oxygen atoms in total. The van der Waals surface area contributed by atoms with Gasteiger partial charge in [0.05, 0.1) is 7.11 Å². The minimum absolute atomic E-state index is 0.245. The number of methoxy groups -OCH3 is 1. The molecule has 1 aromatic rings. The Hall–Kier alpha value is -1.26. The van der Waals surface area contributed by atoms with Crippen molar-refractivity contribution in [3.63, 3.8) is 0 Å². The smallest absolute Gasteiger partial charge is 0.320 e. The average Bonchev–Trinajstić information content (AvgIpc) is 2.27. The van der Waals surface area contributed by atoms with Gasteiger partial charge in [0, 0.05) is 5.02 Å². The van der Waals surface area contributed by atoms with Crippen LogP contribution in [0.4, 0.5) is 0 Å². The summed E-state index contributed by atoms with van der Waals surface area (Å²) >= 11 is 5.95. The van der Waals surface area contributed by atoms with Crippen molar-refractivity contribution < 1.29 is 14.6 Å². The second kappa shape index (κ2) is 5.89. The van der Waals surface area contributed by atoms with Gasteiger partial charge in [-0.2, -0.15) is 0 Å². The second-order valence-corrected chi connectivity index (χ2v) is 4.18. The molecule has 0 fully saturated rings. The zero-order chi connectivity index (χ0) is 13.0. The number of carboxylic acids is 1. The lowest BCUT2D eigenvalue weighted by Gasteiger charge is -2.15. The van der Waals surface area contributed by atoms with E-state index in [-0.39, 0.29) is 6.42 Å². The van der Waals surface area contributed by atoms with Gasteiger partial charge in [-0.1, -0.05) is 18.5 Å². The highest BCUT2D eigenvalue weighted by molar-refractivity contribution is 6.30. The number of rotatable bonds is 5. The standard InChI is InChI=1S/C12H16ClNO3/c1-3-9-7(5-10(14)12(15)16)4-8(13)6-11(9)17-2/h4,6,10H,3,5,14H2,1-2H3,(H,15,16). The Labute approximate surface area is 105 Å². The van der Waals surface area contributed by atoms with E-state index in [1.165, 1.54) is 0 Å². The highest BCUT2D eigenvalue weighted by atomic mass is 35.5. The van der Waals surface area contributed by atoms with Gasteiger partial charge in [0.25, 0.3) is 0 Å². The van der Waals surface area contributed by atoms with Gasteiger partial charge in [-0.15, -0.1) is 0 Å². The molecule has 0 radical (unpaired) electrons. The molecule has 1 atom stereocenters. The van der Waals surface area contributed by atoms with Crippen molar-refractivity contribution in [3.05, 3.63) is 28.3 Å². The Morgan fingerprint density at radius 1 is 1.59 bits per heavy atom. The van der Waals surface area contributed by atoms with Crippen LogP contribution in [-0.2, 0) is 17.6 Å². The second-order valence-electron chi connectivity index (χ2n) is 3.75. The lowest BCUT2D eigenvalue weighted by Crippen LogP contribution is -2.32. The zero-order valence-corrected chi connectivity index (χ0v) is 10.6. The summed E-state index contributed by atoms with van der Waals surface area (Å²) in [7, 11) is 1.56. The van der Waals surface area contributed by atoms with Crippen LogP contribution in [0, 0.1) is 0 Å². The third-order valence-electron chi connectivity index (χ3n) is 2.60. The summed E-state index contributed by atoms with van der Waals surface area (Å²) in [5, 5.41) is 9.33. The van der Waals surface area contributed by atoms with Crippen LogP contribution in [0.3, 0.4) is 0 Å². The lowest BCUT2D eigenvalue weighted by atomic mass is 9.98. The molecule has 0 aliphatic heterocycles. The van der Waals surface area contributed by atoms with Crippen molar-refractivity contribution in [2.75, 3.05) is 7.11 Å². The van der Waals surface area contributed by atoms with Crippen molar-refractivity contribution in [1.82, 2.24) is 0 Å². The van der Waals surface area contributed by atoms with Gasteiger partial charge >= 0.3 is 5.97 Å². The molecule has 1 unspecified atom stereocenters. The fourth-order valence-corrected chi connectivity index (χ4v) is 1.99. The van der Waals surface area contributed by atoms with E-state index < -0.39 is 12.0 Å². The summed E-state index contributed by atoms with van der Waals surface area (Å²) < 4.78 is 5.23. The third-order valence-corrected chi connectivity index (χ3v) is 2.81. The maximum Gasteiger partial charge on any atom is 0.320 e. The largest absolute Gasteiger partial charge is 0.496 e. The maximum absolute atomic E-state index is 10.8. The molecule has 5 heteroatoms. The van der Waals surface area contributed by atoms with Crippen LogP contribution >= 0.6 is 11.6 Å². The van der Waals surface area contributed by atoms with Crippen molar-refractivity contribution in [2.24, 2.45) is 5.73 Å². The molecule has 0 saturated heterocycles. The Morgan fingerprint density at radius 2 is 2.24 bits per heavy atom. The quantitative estimate of drug-likeness (QED) is 0.845. The van der Waals surface area contributed by atoms with Crippen LogP contribution in [0.1, 0.15) is 18.1 Å². The van der Waals surface area contributed by atoms with E-state index in [1.807, 2.05) is 6.92 Å². The normalized spacial score (nSPS) is 12.2.